The smallest absolute Gasteiger partial charge is 0.269 e. The molecule has 0 saturated carbocycles. The molecule has 5 rings (SSSR count). The summed E-state index contributed by atoms with van der Waals surface area (Å²) in [5.41, 5.74) is 1.57. The van der Waals surface area contributed by atoms with Gasteiger partial charge in [0.05, 0.1) is 10.4 Å². The number of nitrogens with one attached hydrogen (secondary N) is 2. The summed E-state index contributed by atoms with van der Waals surface area (Å²) in [6.07, 6.45) is 8.55. The Kier molecular flexibility index (Phi) is 5.92. The number of halogens is 1. The molecule has 1 amide bonds. The van der Waals surface area contributed by atoms with Crippen LogP contribution in [-0.2, 0) is 0 Å². The highest BCUT2D eigenvalue weighted by Gasteiger charge is 2.20. The second-order valence-corrected chi connectivity index (χ2v) is 8.75. The van der Waals surface area contributed by atoms with E-state index in [9.17, 15) is 9.90 Å². The van der Waals surface area contributed by atoms with Crippen molar-refractivity contribution in [1.82, 2.24) is 25.1 Å². The molecule has 0 unspecified atom stereocenters. The molecule has 0 bridgehead atoms. The van der Waals surface area contributed by atoms with Crippen LogP contribution in [0.2, 0.25) is 5.02 Å². The van der Waals surface area contributed by atoms with E-state index in [1.54, 1.807) is 18.3 Å². The van der Waals surface area contributed by atoms with Crippen molar-refractivity contribution in [2.75, 3.05) is 24.5 Å². The molecule has 3 N–H and O–H groups in total. The number of carbonyl (C=O) groups excluding carboxylic acids is 1. The Morgan fingerprint density at radius 1 is 1.21 bits per heavy atom. The number of piperidine rings is 1. The van der Waals surface area contributed by atoms with Gasteiger partial charge in [0.25, 0.3) is 5.91 Å². The number of pyridine rings is 1. The number of anilines is 1. The minimum Gasteiger partial charge on any atom is -0.494 e. The average Bonchev–Trinajstić information content (AvgIpc) is 3.46. The minimum absolute atomic E-state index is 0.00725. The second kappa shape index (κ2) is 9.15. The standard InChI is InChI=1S/C24H25ClN6O2/c25-19-3-1-2-17-15-31(24(33)22(17)19)21-14-20(28-29-21)23(32)27-11-4-16-7-12-30(13-8-16)18-5-9-26-10-6-18/h1-3,5-6,9-10,14-16,33H,4,7-8,11-13H2,(H,27,32)(H,28,29). The molecule has 3 aromatic heterocycles. The van der Waals surface area contributed by atoms with Gasteiger partial charge in [0, 0.05) is 55.4 Å². The fourth-order valence-corrected chi connectivity index (χ4v) is 4.72. The van der Waals surface area contributed by atoms with E-state index in [0.717, 1.165) is 37.7 Å². The second-order valence-electron chi connectivity index (χ2n) is 8.35. The molecule has 8 nitrogen and oxygen atoms in total. The van der Waals surface area contributed by atoms with Crippen LogP contribution in [-0.4, -0.2) is 50.4 Å². The van der Waals surface area contributed by atoms with E-state index < -0.39 is 0 Å². The fourth-order valence-electron chi connectivity index (χ4n) is 4.45. The van der Waals surface area contributed by atoms with Crippen LogP contribution >= 0.6 is 11.6 Å². The van der Waals surface area contributed by atoms with Gasteiger partial charge in [-0.25, -0.2) is 0 Å². The zero-order valence-electron chi connectivity index (χ0n) is 18.0. The van der Waals surface area contributed by atoms with E-state index in [1.165, 1.54) is 10.3 Å². The number of H-pyrrole nitrogens is 1. The average molecular weight is 465 g/mol. The summed E-state index contributed by atoms with van der Waals surface area (Å²) in [4.78, 5) is 19.1. The number of aromatic hydroxyl groups is 1. The van der Waals surface area contributed by atoms with Crippen LogP contribution in [0, 0.1) is 5.92 Å². The van der Waals surface area contributed by atoms with Crippen molar-refractivity contribution in [3.05, 3.63) is 65.7 Å². The molecular weight excluding hydrogens is 440 g/mol. The Morgan fingerprint density at radius 2 is 2.00 bits per heavy atom. The van der Waals surface area contributed by atoms with Crippen LogP contribution in [0.1, 0.15) is 29.8 Å². The van der Waals surface area contributed by atoms with Gasteiger partial charge in [-0.3, -0.25) is 19.4 Å². The van der Waals surface area contributed by atoms with Crippen LogP contribution < -0.4 is 10.2 Å². The van der Waals surface area contributed by atoms with Crippen LogP contribution in [0.5, 0.6) is 5.88 Å². The first-order chi connectivity index (χ1) is 16.1. The molecular formula is C24H25ClN6O2. The van der Waals surface area contributed by atoms with Crippen molar-refractivity contribution in [1.29, 1.82) is 0 Å². The van der Waals surface area contributed by atoms with Crippen molar-refractivity contribution in [3.63, 3.8) is 0 Å². The molecule has 1 saturated heterocycles. The summed E-state index contributed by atoms with van der Waals surface area (Å²) in [6, 6.07) is 11.1. The lowest BCUT2D eigenvalue weighted by atomic mass is 9.93. The number of hydrogen-bond acceptors (Lipinski definition) is 5. The van der Waals surface area contributed by atoms with Crippen LogP contribution in [0.4, 0.5) is 5.69 Å². The van der Waals surface area contributed by atoms with Crippen LogP contribution in [0.3, 0.4) is 0 Å². The monoisotopic (exact) mass is 464 g/mol. The van der Waals surface area contributed by atoms with Crippen molar-refractivity contribution in [2.24, 2.45) is 5.92 Å². The van der Waals surface area contributed by atoms with Gasteiger partial charge in [0.2, 0.25) is 5.88 Å². The summed E-state index contributed by atoms with van der Waals surface area (Å²) < 4.78 is 1.51. The van der Waals surface area contributed by atoms with E-state index in [1.807, 2.05) is 36.7 Å². The van der Waals surface area contributed by atoms with Crippen LogP contribution in [0.15, 0.2) is 55.0 Å². The Balaban J connectivity index is 1.15. The summed E-state index contributed by atoms with van der Waals surface area (Å²) in [5, 5.41) is 22.3. The number of benzene rings is 1. The number of aromatic nitrogens is 4. The lowest BCUT2D eigenvalue weighted by Crippen LogP contribution is -2.35. The largest absolute Gasteiger partial charge is 0.494 e. The molecule has 1 fully saturated rings. The molecule has 0 radical (unpaired) electrons. The molecule has 4 aromatic rings. The van der Waals surface area contributed by atoms with Crippen LogP contribution in [0.25, 0.3) is 16.6 Å². The normalized spacial score (nSPS) is 14.6. The molecule has 0 aliphatic carbocycles. The summed E-state index contributed by atoms with van der Waals surface area (Å²) >= 11 is 6.21. The maximum absolute atomic E-state index is 12.6. The molecule has 0 spiro atoms. The molecule has 1 aliphatic rings. The Labute approximate surface area is 196 Å². The summed E-state index contributed by atoms with van der Waals surface area (Å²) in [5.74, 6) is 0.799. The van der Waals surface area contributed by atoms with Crippen molar-refractivity contribution in [3.8, 4) is 11.7 Å². The maximum atomic E-state index is 12.6. The van der Waals surface area contributed by atoms with E-state index in [-0.39, 0.29) is 11.8 Å². The van der Waals surface area contributed by atoms with Crippen molar-refractivity contribution in [2.45, 2.75) is 19.3 Å². The third-order valence-electron chi connectivity index (χ3n) is 6.30. The predicted octanol–water partition coefficient (Wildman–Crippen LogP) is 4.14. The fraction of sp³-hybridized carbons (Fsp3) is 0.292. The summed E-state index contributed by atoms with van der Waals surface area (Å²) in [6.45, 7) is 2.65. The number of carbonyl (C=O) groups is 1. The first kappa shape index (κ1) is 21.3. The zero-order chi connectivity index (χ0) is 22.8. The SMILES string of the molecule is O=C(NCCC1CCN(c2ccncc2)CC1)c1cc(-n2cc3cccc(Cl)c3c2O)n[nH]1. The van der Waals surface area contributed by atoms with Crippen molar-refractivity contribution >= 4 is 34.0 Å². The highest BCUT2D eigenvalue weighted by atomic mass is 35.5. The highest BCUT2D eigenvalue weighted by Crippen LogP contribution is 2.34. The molecule has 4 heterocycles. The molecule has 33 heavy (non-hydrogen) atoms. The van der Waals surface area contributed by atoms with E-state index in [2.05, 4.69) is 25.4 Å². The van der Waals surface area contributed by atoms with Gasteiger partial charge < -0.3 is 15.3 Å². The van der Waals surface area contributed by atoms with E-state index in [4.69, 9.17) is 11.6 Å². The third-order valence-corrected chi connectivity index (χ3v) is 6.62. The van der Waals surface area contributed by atoms with Gasteiger partial charge >= 0.3 is 0 Å². The molecule has 1 aliphatic heterocycles. The van der Waals surface area contributed by atoms with Gasteiger partial charge in [0.1, 0.15) is 5.69 Å². The van der Waals surface area contributed by atoms with Gasteiger partial charge in [-0.15, -0.1) is 0 Å². The maximum Gasteiger partial charge on any atom is 0.269 e. The first-order valence-corrected chi connectivity index (χ1v) is 11.5. The van der Waals surface area contributed by atoms with Crippen molar-refractivity contribution < 1.29 is 9.90 Å². The van der Waals surface area contributed by atoms with E-state index >= 15 is 0 Å². The number of aromatic amines is 1. The molecule has 170 valence electrons. The minimum atomic E-state index is -0.211. The molecule has 1 aromatic carbocycles. The highest BCUT2D eigenvalue weighted by molar-refractivity contribution is 6.36. The predicted molar refractivity (Wildman–Crippen MR) is 128 cm³/mol. The number of rotatable bonds is 6. The van der Waals surface area contributed by atoms with E-state index in [0.29, 0.717) is 34.4 Å². The summed E-state index contributed by atoms with van der Waals surface area (Å²) in [7, 11) is 0. The topological polar surface area (TPSA) is 99.1 Å². The Hall–Kier alpha value is -3.52. The molecule has 0 atom stereocenters. The van der Waals surface area contributed by atoms with Gasteiger partial charge in [0.15, 0.2) is 5.82 Å². The lowest BCUT2D eigenvalue weighted by Gasteiger charge is -2.33. The van der Waals surface area contributed by atoms with Gasteiger partial charge in [-0.1, -0.05) is 23.7 Å². The number of fused-ring (bicyclic) bond motifs is 1. The number of amides is 1. The third kappa shape index (κ3) is 4.39. The zero-order valence-corrected chi connectivity index (χ0v) is 18.8. The Morgan fingerprint density at radius 3 is 2.76 bits per heavy atom. The number of hydrogen-bond donors (Lipinski definition) is 3. The molecule has 9 heteroatoms. The first-order valence-electron chi connectivity index (χ1n) is 11.1. The quantitative estimate of drug-likeness (QED) is 0.398. The Bertz CT molecular complexity index is 1260. The van der Waals surface area contributed by atoms with Gasteiger partial charge in [-0.2, -0.15) is 5.10 Å². The number of nitrogens with zero attached hydrogens (tertiary/aromatic N) is 4. The van der Waals surface area contributed by atoms with Gasteiger partial charge in [-0.05, 0) is 43.4 Å². The lowest BCUT2D eigenvalue weighted by molar-refractivity contribution is 0.0945.